The van der Waals surface area contributed by atoms with Crippen LogP contribution in [0.15, 0.2) is 36.5 Å². The molecule has 6 heteroatoms. The molecule has 0 fully saturated rings. The van der Waals surface area contributed by atoms with Crippen LogP contribution >= 0.6 is 0 Å². The summed E-state index contributed by atoms with van der Waals surface area (Å²) in [5.74, 6) is -0.534. The number of anilines is 2. The second-order valence-corrected chi connectivity index (χ2v) is 3.77. The minimum Gasteiger partial charge on any atom is -0.494 e. The number of methoxy groups -OCH3 is 1. The van der Waals surface area contributed by atoms with Gasteiger partial charge in [-0.3, -0.25) is 4.79 Å². The van der Waals surface area contributed by atoms with E-state index in [1.54, 1.807) is 0 Å². The molecule has 98 valence electrons. The number of aromatic nitrogens is 1. The van der Waals surface area contributed by atoms with E-state index in [4.69, 9.17) is 10.5 Å². The van der Waals surface area contributed by atoms with Gasteiger partial charge in [0, 0.05) is 23.5 Å². The molecule has 0 atom stereocenters. The first-order valence-corrected chi connectivity index (χ1v) is 5.46. The quantitative estimate of drug-likeness (QED) is 0.886. The fourth-order valence-corrected chi connectivity index (χ4v) is 1.53. The molecule has 19 heavy (non-hydrogen) atoms. The molecule has 1 aromatic heterocycles. The molecule has 1 amide bonds. The van der Waals surface area contributed by atoms with Gasteiger partial charge in [0.15, 0.2) is 11.6 Å². The zero-order valence-electron chi connectivity index (χ0n) is 10.2. The van der Waals surface area contributed by atoms with Crippen LogP contribution in [-0.4, -0.2) is 18.0 Å². The van der Waals surface area contributed by atoms with Gasteiger partial charge in [0.25, 0.3) is 5.91 Å². The zero-order valence-corrected chi connectivity index (χ0v) is 10.2. The monoisotopic (exact) mass is 261 g/mol. The first-order valence-electron chi connectivity index (χ1n) is 5.46. The third-order valence-corrected chi connectivity index (χ3v) is 2.45. The third-order valence-electron chi connectivity index (χ3n) is 2.45. The lowest BCUT2D eigenvalue weighted by atomic mass is 10.2. The number of hydrogen-bond acceptors (Lipinski definition) is 4. The molecule has 3 N–H and O–H groups in total. The highest BCUT2D eigenvalue weighted by molar-refractivity contribution is 6.04. The number of amides is 1. The van der Waals surface area contributed by atoms with Crippen LogP contribution < -0.4 is 15.8 Å². The Bertz CT molecular complexity index is 617. The Morgan fingerprint density at radius 2 is 2.16 bits per heavy atom. The molecule has 2 rings (SSSR count). The summed E-state index contributed by atoms with van der Waals surface area (Å²) >= 11 is 0. The van der Waals surface area contributed by atoms with Crippen LogP contribution in [0.25, 0.3) is 0 Å². The lowest BCUT2D eigenvalue weighted by molar-refractivity contribution is 0.102. The predicted octanol–water partition coefficient (Wildman–Crippen LogP) is 2.06. The van der Waals surface area contributed by atoms with Gasteiger partial charge >= 0.3 is 0 Å². The van der Waals surface area contributed by atoms with Crippen molar-refractivity contribution in [3.05, 3.63) is 47.9 Å². The molecule has 0 saturated heterocycles. The molecular weight excluding hydrogens is 249 g/mol. The normalized spacial score (nSPS) is 10.0. The molecule has 1 aromatic carbocycles. The highest BCUT2D eigenvalue weighted by Crippen LogP contribution is 2.21. The van der Waals surface area contributed by atoms with E-state index in [-0.39, 0.29) is 17.5 Å². The van der Waals surface area contributed by atoms with E-state index >= 15 is 0 Å². The van der Waals surface area contributed by atoms with Gasteiger partial charge in [0.05, 0.1) is 7.11 Å². The van der Waals surface area contributed by atoms with Crippen molar-refractivity contribution in [1.82, 2.24) is 4.98 Å². The van der Waals surface area contributed by atoms with Crippen molar-refractivity contribution in [3.63, 3.8) is 0 Å². The summed E-state index contributed by atoms with van der Waals surface area (Å²) in [4.78, 5) is 15.7. The van der Waals surface area contributed by atoms with Crippen molar-refractivity contribution in [2.45, 2.75) is 0 Å². The van der Waals surface area contributed by atoms with Crippen LogP contribution in [-0.2, 0) is 0 Å². The molecule has 0 spiro atoms. The van der Waals surface area contributed by atoms with Gasteiger partial charge in [-0.25, -0.2) is 9.37 Å². The first-order chi connectivity index (χ1) is 9.10. The number of ether oxygens (including phenoxy) is 1. The molecule has 0 aliphatic heterocycles. The van der Waals surface area contributed by atoms with Gasteiger partial charge in [0.1, 0.15) is 5.82 Å². The summed E-state index contributed by atoms with van der Waals surface area (Å²) in [5, 5.41) is 2.62. The van der Waals surface area contributed by atoms with Gasteiger partial charge in [-0.1, -0.05) is 0 Å². The Hall–Kier alpha value is -2.63. The van der Waals surface area contributed by atoms with Crippen LogP contribution in [0.2, 0.25) is 0 Å². The standard InChI is InChI=1S/C13H12FN3O2/c1-19-11-7-9(2-3-10(11)14)17-13(18)8-4-5-16-12(15)6-8/h2-7H,1H3,(H2,15,16)(H,17,18). The Kier molecular flexibility index (Phi) is 3.61. The molecule has 0 radical (unpaired) electrons. The summed E-state index contributed by atoms with van der Waals surface area (Å²) in [6, 6.07) is 7.05. The topological polar surface area (TPSA) is 77.2 Å². The number of pyridine rings is 1. The minimum absolute atomic E-state index is 0.0621. The van der Waals surface area contributed by atoms with Crippen molar-refractivity contribution >= 4 is 17.4 Å². The van der Waals surface area contributed by atoms with Crippen molar-refractivity contribution in [1.29, 1.82) is 0 Å². The summed E-state index contributed by atoms with van der Waals surface area (Å²) in [5.41, 5.74) is 6.29. The second kappa shape index (κ2) is 5.34. The maximum absolute atomic E-state index is 13.2. The molecule has 0 saturated carbocycles. The number of nitrogens with one attached hydrogen (secondary N) is 1. The van der Waals surface area contributed by atoms with E-state index in [2.05, 4.69) is 10.3 Å². The number of nitrogens with zero attached hydrogens (tertiary/aromatic N) is 1. The number of rotatable bonds is 3. The van der Waals surface area contributed by atoms with E-state index in [1.165, 1.54) is 43.6 Å². The Morgan fingerprint density at radius 3 is 2.84 bits per heavy atom. The van der Waals surface area contributed by atoms with Crippen LogP contribution in [0.4, 0.5) is 15.9 Å². The fourth-order valence-electron chi connectivity index (χ4n) is 1.53. The average molecular weight is 261 g/mol. The highest BCUT2D eigenvalue weighted by Gasteiger charge is 2.09. The van der Waals surface area contributed by atoms with Crippen molar-refractivity contribution in [2.24, 2.45) is 0 Å². The molecule has 0 unspecified atom stereocenters. The molecule has 1 heterocycles. The summed E-state index contributed by atoms with van der Waals surface area (Å²) < 4.78 is 18.1. The number of halogens is 1. The van der Waals surface area contributed by atoms with E-state index in [9.17, 15) is 9.18 Å². The number of benzene rings is 1. The van der Waals surface area contributed by atoms with Gasteiger partial charge in [-0.2, -0.15) is 0 Å². The second-order valence-electron chi connectivity index (χ2n) is 3.77. The van der Waals surface area contributed by atoms with Crippen molar-refractivity contribution < 1.29 is 13.9 Å². The van der Waals surface area contributed by atoms with Gasteiger partial charge < -0.3 is 15.8 Å². The summed E-state index contributed by atoms with van der Waals surface area (Å²) in [6.45, 7) is 0. The fraction of sp³-hybridized carbons (Fsp3) is 0.0769. The lowest BCUT2D eigenvalue weighted by Gasteiger charge is -2.08. The first kappa shape index (κ1) is 12.8. The van der Waals surface area contributed by atoms with E-state index < -0.39 is 5.82 Å². The van der Waals surface area contributed by atoms with Crippen LogP contribution in [0, 0.1) is 5.82 Å². The van der Waals surface area contributed by atoms with Crippen molar-refractivity contribution in [2.75, 3.05) is 18.2 Å². The summed E-state index contributed by atoms with van der Waals surface area (Å²) in [6.07, 6.45) is 1.44. The van der Waals surface area contributed by atoms with E-state index in [1.807, 2.05) is 0 Å². The van der Waals surface area contributed by atoms with E-state index in [0.29, 0.717) is 11.3 Å². The zero-order chi connectivity index (χ0) is 13.8. The van der Waals surface area contributed by atoms with Gasteiger partial charge in [-0.15, -0.1) is 0 Å². The molecule has 2 aromatic rings. The number of carbonyl (C=O) groups excluding carboxylic acids is 1. The largest absolute Gasteiger partial charge is 0.494 e. The Labute approximate surface area is 109 Å². The summed E-state index contributed by atoms with van der Waals surface area (Å²) in [7, 11) is 1.35. The Morgan fingerprint density at radius 1 is 1.37 bits per heavy atom. The number of hydrogen-bond donors (Lipinski definition) is 2. The smallest absolute Gasteiger partial charge is 0.255 e. The maximum Gasteiger partial charge on any atom is 0.255 e. The number of nitrogens with two attached hydrogens (primary N) is 1. The Balaban J connectivity index is 2.19. The molecule has 0 bridgehead atoms. The highest BCUT2D eigenvalue weighted by atomic mass is 19.1. The number of carbonyl (C=O) groups is 1. The van der Waals surface area contributed by atoms with E-state index in [0.717, 1.165) is 0 Å². The van der Waals surface area contributed by atoms with Crippen LogP contribution in [0.1, 0.15) is 10.4 Å². The molecule has 0 aliphatic rings. The van der Waals surface area contributed by atoms with Crippen molar-refractivity contribution in [3.8, 4) is 5.75 Å². The van der Waals surface area contributed by atoms with Crippen LogP contribution in [0.3, 0.4) is 0 Å². The predicted molar refractivity (Wildman–Crippen MR) is 69.6 cm³/mol. The van der Waals surface area contributed by atoms with Crippen LogP contribution in [0.5, 0.6) is 5.75 Å². The maximum atomic E-state index is 13.2. The molecule has 5 nitrogen and oxygen atoms in total. The van der Waals surface area contributed by atoms with Gasteiger partial charge in [0.2, 0.25) is 0 Å². The minimum atomic E-state index is -0.492. The number of nitrogen functional groups attached to an aromatic ring is 1. The molecular formula is C13H12FN3O2. The third kappa shape index (κ3) is 2.98. The van der Waals surface area contributed by atoms with Gasteiger partial charge in [-0.05, 0) is 24.3 Å². The molecule has 0 aliphatic carbocycles. The SMILES string of the molecule is COc1cc(NC(=O)c2ccnc(N)c2)ccc1F. The average Bonchev–Trinajstić information content (AvgIpc) is 2.41. The lowest BCUT2D eigenvalue weighted by Crippen LogP contribution is -2.12.